The van der Waals surface area contributed by atoms with E-state index in [0.29, 0.717) is 29.1 Å². The second-order valence-corrected chi connectivity index (χ2v) is 8.96. The van der Waals surface area contributed by atoms with E-state index in [1.165, 1.54) is 15.4 Å². The van der Waals surface area contributed by atoms with E-state index in [9.17, 15) is 9.18 Å². The van der Waals surface area contributed by atoms with Crippen LogP contribution in [0.3, 0.4) is 0 Å². The van der Waals surface area contributed by atoms with Crippen LogP contribution in [0.1, 0.15) is 41.6 Å². The Hall–Kier alpha value is -4.48. The molecule has 1 aliphatic rings. The van der Waals surface area contributed by atoms with Crippen molar-refractivity contribution in [1.29, 1.82) is 0 Å². The second-order valence-electron chi connectivity index (χ2n) is 8.96. The van der Waals surface area contributed by atoms with E-state index in [1.807, 2.05) is 33.2 Å². The lowest BCUT2D eigenvalue weighted by Crippen LogP contribution is -2.25. The Morgan fingerprint density at radius 2 is 1.94 bits per heavy atom. The smallest absolute Gasteiger partial charge is 0.235 e. The highest BCUT2D eigenvalue weighted by Gasteiger charge is 2.47. The summed E-state index contributed by atoms with van der Waals surface area (Å²) in [6, 6.07) is 3.10. The number of amides is 1. The van der Waals surface area contributed by atoms with Crippen LogP contribution in [0.5, 0.6) is 0 Å². The fourth-order valence-corrected chi connectivity index (χ4v) is 4.94. The fraction of sp³-hybridized carbons (Fsp3) is 0.261. The molecule has 0 saturated carbocycles. The molecule has 1 amide bonds. The van der Waals surface area contributed by atoms with E-state index in [2.05, 4.69) is 35.7 Å². The number of anilines is 1. The van der Waals surface area contributed by atoms with Crippen molar-refractivity contribution in [3.63, 3.8) is 0 Å². The number of rotatable bonds is 4. The minimum absolute atomic E-state index is 0.209. The van der Waals surface area contributed by atoms with Gasteiger partial charge in [0.1, 0.15) is 0 Å². The number of fused-ring (bicyclic) bond motifs is 3. The summed E-state index contributed by atoms with van der Waals surface area (Å²) in [5.41, 5.74) is 3.46. The highest BCUT2D eigenvalue weighted by atomic mass is 19.1. The molecule has 2 atom stereocenters. The lowest BCUT2D eigenvalue weighted by atomic mass is 9.80. The number of nitrogens with zero attached hydrogens (tertiary/aromatic N) is 9. The molecule has 1 aliphatic carbocycles. The van der Waals surface area contributed by atoms with Gasteiger partial charge in [-0.2, -0.15) is 19.7 Å². The highest BCUT2D eigenvalue weighted by molar-refractivity contribution is 5.97. The maximum absolute atomic E-state index is 14.1. The lowest BCUT2D eigenvalue weighted by molar-refractivity contribution is -0.117. The minimum Gasteiger partial charge on any atom is -0.324 e. The van der Waals surface area contributed by atoms with E-state index in [4.69, 9.17) is 0 Å². The zero-order valence-electron chi connectivity index (χ0n) is 19.2. The van der Waals surface area contributed by atoms with Crippen molar-refractivity contribution >= 4 is 17.2 Å². The van der Waals surface area contributed by atoms with Gasteiger partial charge in [0.25, 0.3) is 0 Å². The van der Waals surface area contributed by atoms with Gasteiger partial charge >= 0.3 is 0 Å². The van der Waals surface area contributed by atoms with Crippen molar-refractivity contribution in [2.24, 2.45) is 7.05 Å². The predicted molar refractivity (Wildman–Crippen MR) is 122 cm³/mol. The quantitative estimate of drug-likeness (QED) is 0.426. The van der Waals surface area contributed by atoms with E-state index < -0.39 is 17.3 Å². The lowest BCUT2D eigenvalue weighted by Gasteiger charge is -2.24. The van der Waals surface area contributed by atoms with Gasteiger partial charge in [-0.15, -0.1) is 9.90 Å². The normalized spacial score (nSPS) is 19.3. The van der Waals surface area contributed by atoms with Gasteiger partial charge in [-0.1, -0.05) is 0 Å². The van der Waals surface area contributed by atoms with Gasteiger partial charge < -0.3 is 5.32 Å². The summed E-state index contributed by atoms with van der Waals surface area (Å²) in [7, 11) is 1.83. The molecule has 5 aromatic heterocycles. The standard InChI is InChI=1S/C23H21FN10O/c1-13-6-15(10-26-21(13)34-27-4-5-28-34)30-22(35)16-8-23(2,14-9-29-32(3)12-14)20-17(16)11-25-19-7-18(24)31-33(19)20/h4-7,9-12,16H,8H2,1-3H3,(H,30,35)/t16-,23+/m0/s1. The first kappa shape index (κ1) is 21.1. The van der Waals surface area contributed by atoms with Gasteiger partial charge in [0.05, 0.1) is 42.1 Å². The Morgan fingerprint density at radius 1 is 1.14 bits per heavy atom. The van der Waals surface area contributed by atoms with Crippen LogP contribution < -0.4 is 5.32 Å². The highest BCUT2D eigenvalue weighted by Crippen LogP contribution is 2.49. The van der Waals surface area contributed by atoms with Crippen LogP contribution in [0.4, 0.5) is 10.1 Å². The van der Waals surface area contributed by atoms with Crippen molar-refractivity contribution < 1.29 is 9.18 Å². The number of pyridine rings is 1. The molecule has 0 unspecified atom stereocenters. The molecule has 0 bridgehead atoms. The van der Waals surface area contributed by atoms with Gasteiger partial charge in [0.15, 0.2) is 11.5 Å². The number of aryl methyl sites for hydroxylation is 2. The number of carbonyl (C=O) groups is 1. The van der Waals surface area contributed by atoms with Crippen molar-refractivity contribution in [2.45, 2.75) is 31.6 Å². The molecule has 12 heteroatoms. The fourth-order valence-electron chi connectivity index (χ4n) is 4.94. The second kappa shape index (κ2) is 7.52. The molecule has 0 radical (unpaired) electrons. The van der Waals surface area contributed by atoms with Crippen LogP contribution in [0.15, 0.2) is 49.3 Å². The summed E-state index contributed by atoms with van der Waals surface area (Å²) in [5, 5.41) is 19.6. The molecule has 0 aliphatic heterocycles. The molecule has 5 heterocycles. The molecule has 1 N–H and O–H groups in total. The molecular formula is C23H21FN10O. The third-order valence-electron chi connectivity index (χ3n) is 6.58. The number of aromatic nitrogens is 9. The van der Waals surface area contributed by atoms with E-state index in [1.54, 1.807) is 35.7 Å². The summed E-state index contributed by atoms with van der Waals surface area (Å²) in [6.45, 7) is 3.89. The Morgan fingerprint density at radius 3 is 2.66 bits per heavy atom. The first-order valence-corrected chi connectivity index (χ1v) is 11.0. The molecule has 176 valence electrons. The number of nitrogens with one attached hydrogen (secondary N) is 1. The summed E-state index contributed by atoms with van der Waals surface area (Å²) in [6.07, 6.45) is 10.5. The van der Waals surface area contributed by atoms with E-state index >= 15 is 0 Å². The molecule has 5 aromatic rings. The number of carbonyl (C=O) groups excluding carboxylic acids is 1. The van der Waals surface area contributed by atoms with Gasteiger partial charge in [0, 0.05) is 42.0 Å². The monoisotopic (exact) mass is 472 g/mol. The number of halogens is 1. The van der Waals surface area contributed by atoms with Crippen LogP contribution >= 0.6 is 0 Å². The average molecular weight is 472 g/mol. The molecular weight excluding hydrogens is 451 g/mol. The summed E-state index contributed by atoms with van der Waals surface area (Å²) < 4.78 is 17.3. The van der Waals surface area contributed by atoms with Gasteiger partial charge in [-0.25, -0.2) is 14.5 Å². The van der Waals surface area contributed by atoms with Crippen molar-refractivity contribution in [3.8, 4) is 5.82 Å². The van der Waals surface area contributed by atoms with Crippen LogP contribution in [-0.2, 0) is 17.3 Å². The number of hydrogen-bond acceptors (Lipinski definition) is 7. The Balaban J connectivity index is 1.38. The molecule has 0 fully saturated rings. The zero-order chi connectivity index (χ0) is 24.3. The SMILES string of the molecule is Cc1cc(NC(=O)[C@H]2C[C@](C)(c3cnn(C)c3)c3c2cnc2cc(F)nn32)cnc1-n1nccn1. The Labute approximate surface area is 198 Å². The maximum Gasteiger partial charge on any atom is 0.235 e. The third-order valence-corrected chi connectivity index (χ3v) is 6.58. The molecule has 0 saturated heterocycles. The minimum atomic E-state index is -0.630. The first-order valence-electron chi connectivity index (χ1n) is 11.0. The summed E-state index contributed by atoms with van der Waals surface area (Å²) in [4.78, 5) is 23.7. The average Bonchev–Trinajstić information content (AvgIpc) is 3.60. The van der Waals surface area contributed by atoms with Gasteiger partial charge in [0.2, 0.25) is 11.9 Å². The third kappa shape index (κ3) is 3.28. The van der Waals surface area contributed by atoms with E-state index in [0.717, 1.165) is 16.8 Å². The van der Waals surface area contributed by atoms with Crippen LogP contribution in [0.25, 0.3) is 11.5 Å². The maximum atomic E-state index is 14.1. The molecule has 0 spiro atoms. The van der Waals surface area contributed by atoms with Crippen molar-refractivity contribution in [3.05, 3.63) is 77.6 Å². The van der Waals surface area contributed by atoms with Crippen molar-refractivity contribution in [1.82, 2.24) is 44.4 Å². The number of hydrogen-bond donors (Lipinski definition) is 1. The molecule has 0 aromatic carbocycles. The zero-order valence-corrected chi connectivity index (χ0v) is 19.2. The van der Waals surface area contributed by atoms with Crippen molar-refractivity contribution in [2.75, 3.05) is 5.32 Å². The molecule has 35 heavy (non-hydrogen) atoms. The Bertz CT molecular complexity index is 1590. The summed E-state index contributed by atoms with van der Waals surface area (Å²) in [5.74, 6) is -0.790. The molecule has 11 nitrogen and oxygen atoms in total. The van der Waals surface area contributed by atoms with Crippen LogP contribution in [0.2, 0.25) is 0 Å². The van der Waals surface area contributed by atoms with Gasteiger partial charge in [-0.3, -0.25) is 9.48 Å². The predicted octanol–water partition coefficient (Wildman–Crippen LogP) is 2.32. The van der Waals surface area contributed by atoms with Crippen LogP contribution in [-0.4, -0.2) is 50.3 Å². The van der Waals surface area contributed by atoms with E-state index in [-0.39, 0.29) is 5.91 Å². The van der Waals surface area contributed by atoms with Gasteiger partial charge in [-0.05, 0) is 31.9 Å². The Kier molecular flexibility index (Phi) is 4.53. The van der Waals surface area contributed by atoms with Crippen LogP contribution in [0, 0.1) is 12.9 Å². The first-order chi connectivity index (χ1) is 16.8. The summed E-state index contributed by atoms with van der Waals surface area (Å²) >= 11 is 0. The topological polar surface area (TPSA) is 121 Å². The molecule has 6 rings (SSSR count). The largest absolute Gasteiger partial charge is 0.324 e.